The van der Waals surface area contributed by atoms with E-state index in [4.69, 9.17) is 5.11 Å². The van der Waals surface area contributed by atoms with Crippen LogP contribution in [0.2, 0.25) is 0 Å². The number of aromatic nitrogens is 3. The molecule has 5 nitrogen and oxygen atoms in total. The van der Waals surface area contributed by atoms with E-state index in [2.05, 4.69) is 37.4 Å². The van der Waals surface area contributed by atoms with E-state index in [1.807, 2.05) is 42.5 Å². The summed E-state index contributed by atoms with van der Waals surface area (Å²) in [5.74, 6) is -1.09. The number of benzene rings is 1. The maximum absolute atomic E-state index is 11.2. The van der Waals surface area contributed by atoms with Gasteiger partial charge in [-0.15, -0.1) is 5.10 Å². The zero-order valence-corrected chi connectivity index (χ0v) is 12.5. The number of hydrogen-bond acceptors (Lipinski definition) is 3. The van der Waals surface area contributed by atoms with Crippen molar-refractivity contribution in [1.29, 1.82) is 0 Å². The Hall–Kier alpha value is -2.21. The van der Waals surface area contributed by atoms with Crippen molar-refractivity contribution in [2.75, 3.05) is 0 Å². The van der Waals surface area contributed by atoms with Crippen molar-refractivity contribution in [3.05, 3.63) is 65.5 Å². The van der Waals surface area contributed by atoms with Crippen molar-refractivity contribution in [3.8, 4) is 0 Å². The van der Waals surface area contributed by atoms with E-state index < -0.39 is 10.3 Å². The number of allylic oxidation sites excluding steroid dienone is 4. The molecule has 0 fully saturated rings. The fourth-order valence-electron chi connectivity index (χ4n) is 2.31. The lowest BCUT2D eigenvalue weighted by Crippen LogP contribution is -2.20. The van der Waals surface area contributed by atoms with Gasteiger partial charge in [-0.2, -0.15) is 10.3 Å². The molecule has 0 saturated heterocycles. The van der Waals surface area contributed by atoms with Crippen LogP contribution in [0.4, 0.5) is 0 Å². The van der Waals surface area contributed by atoms with Crippen LogP contribution in [-0.2, 0) is 4.32 Å². The van der Waals surface area contributed by atoms with Gasteiger partial charge in [-0.05, 0) is 17.6 Å². The van der Waals surface area contributed by atoms with Crippen molar-refractivity contribution in [1.82, 2.24) is 15.4 Å². The van der Waals surface area contributed by atoms with Crippen LogP contribution in [-0.4, -0.2) is 26.5 Å². The van der Waals surface area contributed by atoms with Gasteiger partial charge in [0.2, 0.25) is 0 Å². The van der Waals surface area contributed by atoms with E-state index in [1.165, 1.54) is 0 Å². The SMILES string of the molecule is O=C(O)c1n[nH]nc1C1(Br)C=CC(c2ccccc2)=CC1. The maximum Gasteiger partial charge on any atom is 0.358 e. The highest BCUT2D eigenvalue weighted by molar-refractivity contribution is 9.09. The van der Waals surface area contributed by atoms with E-state index in [0.717, 1.165) is 11.1 Å². The van der Waals surface area contributed by atoms with E-state index in [0.29, 0.717) is 12.1 Å². The molecule has 0 radical (unpaired) electrons. The second-order valence-electron chi connectivity index (χ2n) is 4.75. The molecule has 1 aromatic heterocycles. The van der Waals surface area contributed by atoms with Gasteiger partial charge < -0.3 is 5.11 Å². The molecule has 2 N–H and O–H groups in total. The maximum atomic E-state index is 11.2. The van der Waals surface area contributed by atoms with Crippen LogP contribution < -0.4 is 0 Å². The molecule has 21 heavy (non-hydrogen) atoms. The molecule has 6 heteroatoms. The molecule has 1 aromatic carbocycles. The van der Waals surface area contributed by atoms with Gasteiger partial charge in [0.1, 0.15) is 5.69 Å². The molecule has 1 aliphatic carbocycles. The Morgan fingerprint density at radius 3 is 2.67 bits per heavy atom. The highest BCUT2D eigenvalue weighted by Crippen LogP contribution is 2.41. The minimum absolute atomic E-state index is 0.0620. The van der Waals surface area contributed by atoms with Gasteiger partial charge >= 0.3 is 5.97 Å². The van der Waals surface area contributed by atoms with E-state index in [1.54, 1.807) is 0 Å². The molecular weight excluding hydrogens is 334 g/mol. The Morgan fingerprint density at radius 1 is 1.29 bits per heavy atom. The van der Waals surface area contributed by atoms with Crippen molar-refractivity contribution in [2.24, 2.45) is 0 Å². The number of hydrogen-bond donors (Lipinski definition) is 2. The topological polar surface area (TPSA) is 78.9 Å². The fraction of sp³-hybridized carbons (Fsp3) is 0.133. The number of aromatic carboxylic acids is 1. The summed E-state index contributed by atoms with van der Waals surface area (Å²) < 4.78 is -0.647. The Kier molecular flexibility index (Phi) is 3.47. The van der Waals surface area contributed by atoms with Crippen molar-refractivity contribution in [2.45, 2.75) is 10.7 Å². The summed E-state index contributed by atoms with van der Waals surface area (Å²) in [7, 11) is 0. The summed E-state index contributed by atoms with van der Waals surface area (Å²) in [5, 5.41) is 19.2. The average Bonchev–Trinajstić information content (AvgIpc) is 2.99. The number of carboxylic acids is 1. The van der Waals surface area contributed by atoms with E-state index in [-0.39, 0.29) is 5.69 Å². The lowest BCUT2D eigenvalue weighted by molar-refractivity contribution is 0.0688. The largest absolute Gasteiger partial charge is 0.476 e. The molecule has 1 unspecified atom stereocenters. The predicted octanol–water partition coefficient (Wildman–Crippen LogP) is 3.14. The van der Waals surface area contributed by atoms with Crippen LogP contribution >= 0.6 is 15.9 Å². The first kappa shape index (κ1) is 13.8. The molecule has 0 saturated carbocycles. The van der Waals surface area contributed by atoms with Crippen molar-refractivity contribution < 1.29 is 9.90 Å². The van der Waals surface area contributed by atoms with Crippen LogP contribution in [0.15, 0.2) is 48.6 Å². The second-order valence-corrected chi connectivity index (χ2v) is 6.17. The third-order valence-electron chi connectivity index (χ3n) is 3.40. The van der Waals surface area contributed by atoms with Crippen molar-refractivity contribution >= 4 is 27.5 Å². The third-order valence-corrected chi connectivity index (χ3v) is 4.36. The number of carbonyl (C=O) groups is 1. The van der Waals surface area contributed by atoms with Gasteiger partial charge in [-0.3, -0.25) is 0 Å². The number of halogens is 1. The van der Waals surface area contributed by atoms with Gasteiger partial charge in [0.25, 0.3) is 0 Å². The van der Waals surface area contributed by atoms with Gasteiger partial charge in [0, 0.05) is 0 Å². The highest BCUT2D eigenvalue weighted by Gasteiger charge is 2.35. The highest BCUT2D eigenvalue weighted by atomic mass is 79.9. The first-order valence-corrected chi connectivity index (χ1v) is 7.18. The summed E-state index contributed by atoms with van der Waals surface area (Å²) in [4.78, 5) is 11.2. The van der Waals surface area contributed by atoms with E-state index >= 15 is 0 Å². The third kappa shape index (κ3) is 2.54. The van der Waals surface area contributed by atoms with Crippen LogP contribution in [0.5, 0.6) is 0 Å². The Balaban J connectivity index is 1.91. The number of rotatable bonds is 3. The fourth-order valence-corrected chi connectivity index (χ4v) is 2.88. The van der Waals surface area contributed by atoms with Crippen LogP contribution in [0.1, 0.15) is 28.2 Å². The quantitative estimate of drug-likeness (QED) is 0.837. The zero-order valence-electron chi connectivity index (χ0n) is 11.0. The molecule has 0 spiro atoms. The molecule has 2 aromatic rings. The molecule has 0 aliphatic heterocycles. The smallest absolute Gasteiger partial charge is 0.358 e. The Morgan fingerprint density at radius 2 is 2.05 bits per heavy atom. The molecule has 1 heterocycles. The molecular formula is C15H12BrN3O2. The average molecular weight is 346 g/mol. The van der Waals surface area contributed by atoms with Gasteiger partial charge in [-0.1, -0.05) is 64.5 Å². The second kappa shape index (κ2) is 5.29. The molecule has 0 amide bonds. The molecule has 3 rings (SSSR count). The number of nitrogens with one attached hydrogen (secondary N) is 1. The van der Waals surface area contributed by atoms with Gasteiger partial charge in [0.15, 0.2) is 5.69 Å². The van der Waals surface area contributed by atoms with Crippen LogP contribution in [0.25, 0.3) is 5.57 Å². The van der Waals surface area contributed by atoms with Gasteiger partial charge in [-0.25, -0.2) is 4.79 Å². The van der Waals surface area contributed by atoms with Crippen molar-refractivity contribution in [3.63, 3.8) is 0 Å². The lowest BCUT2D eigenvalue weighted by Gasteiger charge is -2.24. The molecule has 106 valence electrons. The minimum atomic E-state index is -1.09. The number of carboxylic acid groups (broad SMARTS) is 1. The Bertz CT molecular complexity index is 736. The zero-order chi connectivity index (χ0) is 14.9. The summed E-state index contributed by atoms with van der Waals surface area (Å²) in [6.45, 7) is 0. The summed E-state index contributed by atoms with van der Waals surface area (Å²) in [5.41, 5.74) is 2.55. The first-order valence-electron chi connectivity index (χ1n) is 6.38. The number of H-pyrrole nitrogens is 1. The summed E-state index contributed by atoms with van der Waals surface area (Å²) in [6, 6.07) is 10.0. The molecule has 1 aliphatic rings. The van der Waals surface area contributed by atoms with Crippen LogP contribution in [0, 0.1) is 0 Å². The predicted molar refractivity (Wildman–Crippen MR) is 82.1 cm³/mol. The molecule has 1 atom stereocenters. The van der Waals surface area contributed by atoms with E-state index in [9.17, 15) is 4.79 Å². The number of alkyl halides is 1. The van der Waals surface area contributed by atoms with Gasteiger partial charge in [0.05, 0.1) is 4.32 Å². The first-order chi connectivity index (χ1) is 10.1. The lowest BCUT2D eigenvalue weighted by atomic mass is 9.90. The molecule has 0 bridgehead atoms. The summed E-state index contributed by atoms with van der Waals surface area (Å²) in [6.07, 6.45) is 6.54. The minimum Gasteiger partial charge on any atom is -0.476 e. The standard InChI is InChI=1S/C15H12BrN3O2/c16-15(13-12(14(20)21)17-19-18-13)8-6-11(7-9-15)10-4-2-1-3-5-10/h1-8H,9H2,(H,20,21)(H,17,18,19). The number of nitrogens with zero attached hydrogens (tertiary/aromatic N) is 2. The van der Waals surface area contributed by atoms with Crippen LogP contribution in [0.3, 0.4) is 0 Å². The monoisotopic (exact) mass is 345 g/mol. The Labute approximate surface area is 129 Å². The summed E-state index contributed by atoms with van der Waals surface area (Å²) >= 11 is 3.59. The number of aromatic amines is 1. The normalized spacial score (nSPS) is 21.1.